The Morgan fingerprint density at radius 3 is 2.69 bits per heavy atom. The van der Waals surface area contributed by atoms with Crippen LogP contribution in [0.5, 0.6) is 0 Å². The van der Waals surface area contributed by atoms with Gasteiger partial charge < -0.3 is 5.32 Å². The average molecular weight is 347 g/mol. The number of para-hydroxylation sites is 1. The number of likely N-dealkylation sites (tertiary alicyclic amines) is 1. The molecule has 2 aliphatic heterocycles. The summed E-state index contributed by atoms with van der Waals surface area (Å²) in [5, 5.41) is 11.9. The highest BCUT2D eigenvalue weighted by Gasteiger charge is 2.28. The minimum absolute atomic E-state index is 0.0255. The Balaban J connectivity index is 1.50. The Morgan fingerprint density at radius 1 is 1.15 bits per heavy atom. The number of carbonyl (C=O) groups excluding carboxylic acids is 1. The molecule has 1 fully saturated rings. The van der Waals surface area contributed by atoms with Crippen molar-refractivity contribution in [1.29, 1.82) is 5.26 Å². The molecule has 0 atom stereocenters. The van der Waals surface area contributed by atoms with Gasteiger partial charge in [0.1, 0.15) is 5.82 Å². The molecule has 2 aromatic carbocycles. The summed E-state index contributed by atoms with van der Waals surface area (Å²) in [6, 6.07) is 14.3. The van der Waals surface area contributed by atoms with Crippen LogP contribution in [0.15, 0.2) is 48.0 Å². The van der Waals surface area contributed by atoms with Crippen molar-refractivity contribution in [3.8, 4) is 6.07 Å². The topological polar surface area (TPSA) is 56.1 Å². The quantitative estimate of drug-likeness (QED) is 0.843. The van der Waals surface area contributed by atoms with Crippen molar-refractivity contribution in [2.24, 2.45) is 0 Å². The van der Waals surface area contributed by atoms with Crippen molar-refractivity contribution < 1.29 is 9.18 Å². The molecule has 2 heterocycles. The van der Waals surface area contributed by atoms with Gasteiger partial charge in [0.05, 0.1) is 11.6 Å². The molecule has 1 N–H and O–H groups in total. The van der Waals surface area contributed by atoms with E-state index in [-0.39, 0.29) is 11.7 Å². The number of rotatable bonds is 2. The van der Waals surface area contributed by atoms with Gasteiger partial charge in [-0.15, -0.1) is 0 Å². The van der Waals surface area contributed by atoms with Gasteiger partial charge in [-0.25, -0.2) is 4.39 Å². The SMILES string of the molecule is N#Cc1ccc(F)c(CN2CCC(=C3C(=O)Nc4ccccc43)CC2)c1. The van der Waals surface area contributed by atoms with Crippen molar-refractivity contribution in [3.05, 3.63) is 70.5 Å². The lowest BCUT2D eigenvalue weighted by Gasteiger charge is -2.29. The third kappa shape index (κ3) is 3.00. The highest BCUT2D eigenvalue weighted by Crippen LogP contribution is 2.36. The van der Waals surface area contributed by atoms with Gasteiger partial charge in [0.25, 0.3) is 5.91 Å². The number of nitrogens with one attached hydrogen (secondary N) is 1. The van der Waals surface area contributed by atoms with E-state index in [1.165, 1.54) is 12.1 Å². The van der Waals surface area contributed by atoms with E-state index in [1.54, 1.807) is 6.07 Å². The molecule has 5 heteroatoms. The Bertz CT molecular complexity index is 948. The van der Waals surface area contributed by atoms with Crippen LogP contribution < -0.4 is 5.32 Å². The van der Waals surface area contributed by atoms with E-state index in [9.17, 15) is 9.18 Å². The molecular formula is C21H18FN3O. The number of nitrogens with zero attached hydrogens (tertiary/aromatic N) is 2. The number of amides is 1. The van der Waals surface area contributed by atoms with Gasteiger partial charge in [0.2, 0.25) is 0 Å². The summed E-state index contributed by atoms with van der Waals surface area (Å²) in [6.07, 6.45) is 1.58. The number of benzene rings is 2. The van der Waals surface area contributed by atoms with E-state index in [0.29, 0.717) is 17.7 Å². The number of hydrogen-bond donors (Lipinski definition) is 1. The van der Waals surface area contributed by atoms with E-state index in [1.807, 2.05) is 24.3 Å². The fraction of sp³-hybridized carbons (Fsp3) is 0.238. The summed E-state index contributed by atoms with van der Waals surface area (Å²) >= 11 is 0. The van der Waals surface area contributed by atoms with E-state index >= 15 is 0 Å². The maximum Gasteiger partial charge on any atom is 0.256 e. The van der Waals surface area contributed by atoms with Crippen LogP contribution in [0.4, 0.5) is 10.1 Å². The summed E-state index contributed by atoms with van der Waals surface area (Å²) in [7, 11) is 0. The van der Waals surface area contributed by atoms with Crippen LogP contribution in [-0.2, 0) is 11.3 Å². The van der Waals surface area contributed by atoms with Crippen LogP contribution in [-0.4, -0.2) is 23.9 Å². The first-order chi connectivity index (χ1) is 12.7. The lowest BCUT2D eigenvalue weighted by Crippen LogP contribution is -2.31. The van der Waals surface area contributed by atoms with Crippen LogP contribution >= 0.6 is 0 Å². The Hall–Kier alpha value is -2.97. The fourth-order valence-electron chi connectivity index (χ4n) is 3.71. The van der Waals surface area contributed by atoms with Crippen LogP contribution in [0.3, 0.4) is 0 Å². The highest BCUT2D eigenvalue weighted by atomic mass is 19.1. The molecule has 0 aromatic heterocycles. The lowest BCUT2D eigenvalue weighted by molar-refractivity contribution is -0.110. The van der Waals surface area contributed by atoms with Gasteiger partial charge >= 0.3 is 0 Å². The van der Waals surface area contributed by atoms with Gasteiger partial charge in [0.15, 0.2) is 0 Å². The van der Waals surface area contributed by atoms with Crippen molar-refractivity contribution >= 4 is 17.2 Å². The van der Waals surface area contributed by atoms with Crippen molar-refractivity contribution in [3.63, 3.8) is 0 Å². The first-order valence-corrected chi connectivity index (χ1v) is 8.69. The monoisotopic (exact) mass is 347 g/mol. The average Bonchev–Trinajstić information content (AvgIpc) is 3.00. The molecule has 4 nitrogen and oxygen atoms in total. The molecule has 0 unspecified atom stereocenters. The smallest absolute Gasteiger partial charge is 0.256 e. The van der Waals surface area contributed by atoms with Gasteiger partial charge in [-0.2, -0.15) is 5.26 Å². The third-order valence-corrected chi connectivity index (χ3v) is 5.05. The minimum Gasteiger partial charge on any atom is -0.321 e. The zero-order valence-corrected chi connectivity index (χ0v) is 14.3. The van der Waals surface area contributed by atoms with Crippen LogP contribution in [0.2, 0.25) is 0 Å². The number of halogens is 1. The van der Waals surface area contributed by atoms with Gasteiger partial charge in [-0.1, -0.05) is 23.8 Å². The molecule has 4 rings (SSSR count). The molecule has 0 radical (unpaired) electrons. The van der Waals surface area contributed by atoms with Crippen LogP contribution in [0.1, 0.15) is 29.5 Å². The van der Waals surface area contributed by atoms with E-state index in [4.69, 9.17) is 5.26 Å². The number of piperidine rings is 1. The molecule has 0 bridgehead atoms. The molecule has 1 saturated heterocycles. The Labute approximate surface area is 151 Å². The van der Waals surface area contributed by atoms with Crippen molar-refractivity contribution in [2.75, 3.05) is 18.4 Å². The zero-order valence-electron chi connectivity index (χ0n) is 14.3. The van der Waals surface area contributed by atoms with Gasteiger partial charge in [-0.05, 0) is 37.1 Å². The molecular weight excluding hydrogens is 329 g/mol. The zero-order chi connectivity index (χ0) is 18.1. The summed E-state index contributed by atoms with van der Waals surface area (Å²) in [4.78, 5) is 14.5. The number of hydrogen-bond acceptors (Lipinski definition) is 3. The molecule has 2 aliphatic rings. The maximum absolute atomic E-state index is 14.0. The van der Waals surface area contributed by atoms with Crippen molar-refractivity contribution in [1.82, 2.24) is 4.90 Å². The summed E-state index contributed by atoms with van der Waals surface area (Å²) in [5.41, 5.74) is 4.84. The second-order valence-electron chi connectivity index (χ2n) is 6.67. The first kappa shape index (κ1) is 16.5. The fourth-order valence-corrected chi connectivity index (χ4v) is 3.71. The number of anilines is 1. The van der Waals surface area contributed by atoms with Gasteiger partial charge in [-0.3, -0.25) is 9.69 Å². The summed E-state index contributed by atoms with van der Waals surface area (Å²) in [5.74, 6) is -0.306. The standard InChI is InChI=1S/C21H18FN3O/c22-18-6-5-14(12-23)11-16(18)13-25-9-7-15(8-10-25)20-17-3-1-2-4-19(17)24-21(20)26/h1-6,11H,7-10,13H2,(H,24,26). The normalized spacial score (nSPS) is 17.0. The molecule has 26 heavy (non-hydrogen) atoms. The second-order valence-corrected chi connectivity index (χ2v) is 6.67. The molecule has 2 aromatic rings. The van der Waals surface area contributed by atoms with Crippen LogP contribution in [0, 0.1) is 17.1 Å². The summed E-state index contributed by atoms with van der Waals surface area (Å²) < 4.78 is 14.0. The van der Waals surface area contributed by atoms with E-state index in [0.717, 1.165) is 48.3 Å². The largest absolute Gasteiger partial charge is 0.321 e. The van der Waals surface area contributed by atoms with Crippen molar-refractivity contribution in [2.45, 2.75) is 19.4 Å². The minimum atomic E-state index is -0.280. The first-order valence-electron chi connectivity index (χ1n) is 8.69. The predicted molar refractivity (Wildman–Crippen MR) is 97.6 cm³/mol. The molecule has 0 saturated carbocycles. The summed E-state index contributed by atoms with van der Waals surface area (Å²) in [6.45, 7) is 2.02. The second kappa shape index (κ2) is 6.74. The highest BCUT2D eigenvalue weighted by molar-refractivity contribution is 6.32. The van der Waals surface area contributed by atoms with Crippen LogP contribution in [0.25, 0.3) is 5.57 Å². The maximum atomic E-state index is 14.0. The lowest BCUT2D eigenvalue weighted by atomic mass is 9.93. The molecule has 0 spiro atoms. The number of nitriles is 1. The Kier molecular flexibility index (Phi) is 4.27. The van der Waals surface area contributed by atoms with E-state index < -0.39 is 0 Å². The Morgan fingerprint density at radius 2 is 1.92 bits per heavy atom. The molecule has 130 valence electrons. The van der Waals surface area contributed by atoms with Gasteiger partial charge in [0, 0.05) is 42.0 Å². The number of fused-ring (bicyclic) bond motifs is 1. The van der Waals surface area contributed by atoms with E-state index in [2.05, 4.69) is 16.3 Å². The number of carbonyl (C=O) groups is 1. The molecule has 0 aliphatic carbocycles. The third-order valence-electron chi connectivity index (χ3n) is 5.05. The molecule has 1 amide bonds. The predicted octanol–water partition coefficient (Wildman–Crippen LogP) is 3.70.